The first-order valence-electron chi connectivity index (χ1n) is 6.22. The Morgan fingerprint density at radius 2 is 2.11 bits per heavy atom. The van der Waals surface area contributed by atoms with E-state index in [4.69, 9.17) is 9.52 Å². The normalized spacial score (nSPS) is 13.6. The maximum Gasteiger partial charge on any atom is 0.329 e. The Bertz CT molecular complexity index is 455. The quantitative estimate of drug-likeness (QED) is 0.736. The van der Waals surface area contributed by atoms with Crippen LogP contribution in [0.4, 0.5) is 4.79 Å². The fourth-order valence-electron chi connectivity index (χ4n) is 1.77. The van der Waals surface area contributed by atoms with Crippen LogP contribution in [-0.4, -0.2) is 22.6 Å². The molecule has 6 nitrogen and oxygen atoms in total. The lowest BCUT2D eigenvalue weighted by Crippen LogP contribution is -2.55. The molecule has 0 aliphatic heterocycles. The summed E-state index contributed by atoms with van der Waals surface area (Å²) < 4.78 is 5.30. The molecule has 3 N–H and O–H groups in total. The Morgan fingerprint density at radius 3 is 2.58 bits per heavy atom. The van der Waals surface area contributed by atoms with Gasteiger partial charge in [0.05, 0.1) is 6.54 Å². The largest absolute Gasteiger partial charge is 0.480 e. The van der Waals surface area contributed by atoms with Gasteiger partial charge in [0.2, 0.25) is 0 Å². The van der Waals surface area contributed by atoms with Crippen molar-refractivity contribution in [1.29, 1.82) is 0 Å². The van der Waals surface area contributed by atoms with E-state index in [2.05, 4.69) is 10.6 Å². The van der Waals surface area contributed by atoms with Crippen LogP contribution in [0.3, 0.4) is 0 Å². The third-order valence-electron chi connectivity index (χ3n) is 2.83. The third kappa shape index (κ3) is 4.31. The Morgan fingerprint density at radius 1 is 1.42 bits per heavy atom. The zero-order chi connectivity index (χ0) is 14.5. The van der Waals surface area contributed by atoms with Crippen LogP contribution in [0, 0.1) is 6.92 Å². The predicted molar refractivity (Wildman–Crippen MR) is 69.8 cm³/mol. The van der Waals surface area contributed by atoms with Crippen molar-refractivity contribution in [3.63, 3.8) is 0 Å². The number of furan rings is 1. The molecule has 0 bridgehead atoms. The summed E-state index contributed by atoms with van der Waals surface area (Å²) in [7, 11) is 0. The fourth-order valence-corrected chi connectivity index (χ4v) is 1.77. The fraction of sp³-hybridized carbons (Fsp3) is 0.538. The number of carbonyl (C=O) groups is 2. The summed E-state index contributed by atoms with van der Waals surface area (Å²) >= 11 is 0. The van der Waals surface area contributed by atoms with Crippen molar-refractivity contribution in [3.05, 3.63) is 23.7 Å². The van der Waals surface area contributed by atoms with Crippen LogP contribution in [0.5, 0.6) is 0 Å². The SMILES string of the molecule is CCCC(C)(NC(=O)NCc1ccc(C)o1)C(=O)O. The van der Waals surface area contributed by atoms with Crippen LogP contribution < -0.4 is 10.6 Å². The zero-order valence-electron chi connectivity index (χ0n) is 11.4. The first-order valence-corrected chi connectivity index (χ1v) is 6.22. The molecule has 0 radical (unpaired) electrons. The van der Waals surface area contributed by atoms with E-state index in [0.29, 0.717) is 18.6 Å². The molecule has 2 amide bonds. The van der Waals surface area contributed by atoms with Crippen molar-refractivity contribution in [2.45, 2.75) is 45.7 Å². The molecular formula is C13H20N2O4. The molecule has 0 fully saturated rings. The van der Waals surface area contributed by atoms with Crippen molar-refractivity contribution in [3.8, 4) is 0 Å². The molecule has 106 valence electrons. The summed E-state index contributed by atoms with van der Waals surface area (Å²) in [4.78, 5) is 22.9. The van der Waals surface area contributed by atoms with Crippen molar-refractivity contribution >= 4 is 12.0 Å². The number of rotatable bonds is 6. The van der Waals surface area contributed by atoms with Gasteiger partial charge in [-0.15, -0.1) is 0 Å². The van der Waals surface area contributed by atoms with Gasteiger partial charge in [0.25, 0.3) is 0 Å². The number of carbonyl (C=O) groups excluding carboxylic acids is 1. The average Bonchev–Trinajstić information content (AvgIpc) is 2.72. The van der Waals surface area contributed by atoms with Crippen LogP contribution in [0.2, 0.25) is 0 Å². The Kier molecular flexibility index (Phi) is 4.97. The number of carboxylic acids is 1. The van der Waals surface area contributed by atoms with Crippen LogP contribution in [0.15, 0.2) is 16.5 Å². The van der Waals surface area contributed by atoms with E-state index in [-0.39, 0.29) is 6.54 Å². The summed E-state index contributed by atoms with van der Waals surface area (Å²) in [5.74, 6) is 0.345. The van der Waals surface area contributed by atoms with Gasteiger partial charge >= 0.3 is 12.0 Å². The zero-order valence-corrected chi connectivity index (χ0v) is 11.4. The summed E-state index contributed by atoms with van der Waals surface area (Å²) in [6, 6.07) is 3.04. The number of nitrogens with one attached hydrogen (secondary N) is 2. The number of aryl methyl sites for hydroxylation is 1. The highest BCUT2D eigenvalue weighted by Crippen LogP contribution is 2.12. The lowest BCUT2D eigenvalue weighted by atomic mass is 9.97. The first-order chi connectivity index (χ1) is 8.87. The van der Waals surface area contributed by atoms with E-state index in [0.717, 1.165) is 5.76 Å². The molecule has 1 unspecified atom stereocenters. The van der Waals surface area contributed by atoms with E-state index in [1.807, 2.05) is 13.8 Å². The maximum absolute atomic E-state index is 11.7. The van der Waals surface area contributed by atoms with Gasteiger partial charge in [-0.3, -0.25) is 0 Å². The van der Waals surface area contributed by atoms with Gasteiger partial charge < -0.3 is 20.2 Å². The molecule has 1 aromatic rings. The highest BCUT2D eigenvalue weighted by molar-refractivity contribution is 5.85. The minimum atomic E-state index is -1.25. The Labute approximate surface area is 112 Å². The highest BCUT2D eigenvalue weighted by atomic mass is 16.4. The maximum atomic E-state index is 11.7. The summed E-state index contributed by atoms with van der Waals surface area (Å²) in [5, 5.41) is 14.2. The van der Waals surface area contributed by atoms with E-state index in [9.17, 15) is 9.59 Å². The third-order valence-corrected chi connectivity index (χ3v) is 2.83. The van der Waals surface area contributed by atoms with E-state index in [1.165, 1.54) is 6.92 Å². The highest BCUT2D eigenvalue weighted by Gasteiger charge is 2.33. The van der Waals surface area contributed by atoms with Crippen LogP contribution in [0.25, 0.3) is 0 Å². The molecule has 1 aromatic heterocycles. The number of hydrogen-bond donors (Lipinski definition) is 3. The smallest absolute Gasteiger partial charge is 0.329 e. The van der Waals surface area contributed by atoms with E-state index >= 15 is 0 Å². The van der Waals surface area contributed by atoms with E-state index < -0.39 is 17.5 Å². The van der Waals surface area contributed by atoms with Crippen molar-refractivity contribution in [1.82, 2.24) is 10.6 Å². The average molecular weight is 268 g/mol. The Balaban J connectivity index is 2.51. The standard InChI is InChI=1S/C13H20N2O4/c1-4-7-13(3,11(16)17)15-12(18)14-8-10-6-5-9(2)19-10/h5-6H,4,7-8H2,1-3H3,(H,16,17)(H2,14,15,18). The van der Waals surface area contributed by atoms with Crippen LogP contribution in [0.1, 0.15) is 38.2 Å². The predicted octanol–water partition coefficient (Wildman–Crippen LogP) is 2.03. The molecule has 1 heterocycles. The van der Waals surface area contributed by atoms with Gasteiger partial charge in [0.1, 0.15) is 17.1 Å². The molecule has 0 aromatic carbocycles. The molecule has 0 aliphatic carbocycles. The second kappa shape index (κ2) is 6.26. The first kappa shape index (κ1) is 15.1. The van der Waals surface area contributed by atoms with Crippen LogP contribution >= 0.6 is 0 Å². The molecule has 6 heteroatoms. The molecule has 1 atom stereocenters. The monoisotopic (exact) mass is 268 g/mol. The van der Waals surface area contributed by atoms with Crippen LogP contribution in [-0.2, 0) is 11.3 Å². The van der Waals surface area contributed by atoms with Gasteiger partial charge in [-0.05, 0) is 32.4 Å². The number of aliphatic carboxylic acids is 1. The minimum Gasteiger partial charge on any atom is -0.480 e. The lowest BCUT2D eigenvalue weighted by Gasteiger charge is -2.25. The summed E-state index contributed by atoms with van der Waals surface area (Å²) in [6.45, 7) is 5.40. The van der Waals surface area contributed by atoms with Gasteiger partial charge in [-0.1, -0.05) is 13.3 Å². The molecule has 1 rings (SSSR count). The molecule has 0 saturated heterocycles. The van der Waals surface area contributed by atoms with Crippen molar-refractivity contribution in [2.75, 3.05) is 0 Å². The molecule has 0 aliphatic rings. The number of hydrogen-bond acceptors (Lipinski definition) is 3. The molecule has 0 saturated carbocycles. The van der Waals surface area contributed by atoms with Gasteiger partial charge in [0, 0.05) is 0 Å². The lowest BCUT2D eigenvalue weighted by molar-refractivity contribution is -0.144. The van der Waals surface area contributed by atoms with Gasteiger partial charge in [-0.2, -0.15) is 0 Å². The van der Waals surface area contributed by atoms with Crippen molar-refractivity contribution in [2.24, 2.45) is 0 Å². The number of amides is 2. The minimum absolute atomic E-state index is 0.224. The van der Waals surface area contributed by atoms with Crippen molar-refractivity contribution < 1.29 is 19.1 Å². The second-order valence-corrected chi connectivity index (χ2v) is 4.71. The number of urea groups is 1. The topological polar surface area (TPSA) is 91.6 Å². The summed E-state index contributed by atoms with van der Waals surface area (Å²) in [6.07, 6.45) is 1.04. The molecule has 0 spiro atoms. The number of carboxylic acid groups (broad SMARTS) is 1. The summed E-state index contributed by atoms with van der Waals surface area (Å²) in [5.41, 5.74) is -1.25. The van der Waals surface area contributed by atoms with Gasteiger partial charge in [-0.25, -0.2) is 9.59 Å². The molecular weight excluding hydrogens is 248 g/mol. The van der Waals surface area contributed by atoms with Gasteiger partial charge in [0.15, 0.2) is 0 Å². The Hall–Kier alpha value is -1.98. The second-order valence-electron chi connectivity index (χ2n) is 4.71. The molecule has 19 heavy (non-hydrogen) atoms. The van der Waals surface area contributed by atoms with E-state index in [1.54, 1.807) is 12.1 Å².